The van der Waals surface area contributed by atoms with Gasteiger partial charge < -0.3 is 9.67 Å². The molecule has 0 fully saturated rings. The van der Waals surface area contributed by atoms with Gasteiger partial charge in [-0.1, -0.05) is 12.1 Å². The summed E-state index contributed by atoms with van der Waals surface area (Å²) in [4.78, 5) is 8.72. The fourth-order valence-corrected chi connectivity index (χ4v) is 4.30. The van der Waals surface area contributed by atoms with Gasteiger partial charge in [0.15, 0.2) is 11.6 Å². The molecule has 2 aromatic carbocycles. The summed E-state index contributed by atoms with van der Waals surface area (Å²) in [6, 6.07) is 9.02. The number of halogens is 2. The predicted molar refractivity (Wildman–Crippen MR) is 121 cm³/mol. The maximum Gasteiger partial charge on any atom is 0.174 e. The molecule has 0 unspecified atom stereocenters. The van der Waals surface area contributed by atoms with E-state index in [-0.39, 0.29) is 11.6 Å². The third-order valence-corrected chi connectivity index (χ3v) is 6.01. The average molecular weight is 447 g/mol. The minimum Gasteiger partial charge on any atom is -0.377 e. The first-order valence-corrected chi connectivity index (χ1v) is 10.8. The van der Waals surface area contributed by atoms with Gasteiger partial charge in [-0.05, 0) is 74.2 Å². The number of aromatic nitrogens is 5. The number of imidazole rings is 1. The number of nitrogens with zero attached hydrogens (tertiary/aromatic N) is 5. The lowest BCUT2D eigenvalue weighted by atomic mass is 9.86. The summed E-state index contributed by atoms with van der Waals surface area (Å²) >= 11 is 0. The number of aliphatic hydroxyl groups is 1. The summed E-state index contributed by atoms with van der Waals surface area (Å²) in [5.74, 6) is 0.0426. The fourth-order valence-electron chi connectivity index (χ4n) is 4.30. The minimum atomic E-state index is -1.35. The zero-order chi connectivity index (χ0) is 23.2. The highest BCUT2D eigenvalue weighted by Gasteiger charge is 2.39. The summed E-state index contributed by atoms with van der Waals surface area (Å²) in [6.07, 6.45) is 7.94. The van der Waals surface area contributed by atoms with Crippen molar-refractivity contribution in [2.24, 2.45) is 0 Å². The number of benzene rings is 2. The van der Waals surface area contributed by atoms with Gasteiger partial charge in [-0.25, -0.2) is 23.4 Å². The van der Waals surface area contributed by atoms with Crippen molar-refractivity contribution in [2.75, 3.05) is 0 Å². The number of fused-ring (bicyclic) bond motifs is 1. The van der Waals surface area contributed by atoms with Crippen LogP contribution in [0.5, 0.6) is 0 Å². The maximum atomic E-state index is 14.8. The lowest BCUT2D eigenvalue weighted by Gasteiger charge is -2.31. The van der Waals surface area contributed by atoms with Crippen molar-refractivity contribution in [3.8, 4) is 5.69 Å². The second kappa shape index (κ2) is 8.04. The van der Waals surface area contributed by atoms with E-state index in [2.05, 4.69) is 15.1 Å². The van der Waals surface area contributed by atoms with Crippen LogP contribution in [0.1, 0.15) is 46.9 Å². The van der Waals surface area contributed by atoms with Crippen LogP contribution in [0.25, 0.3) is 17.8 Å². The lowest BCUT2D eigenvalue weighted by molar-refractivity contribution is 0.0394. The summed E-state index contributed by atoms with van der Waals surface area (Å²) in [5, 5.41) is 15.8. The van der Waals surface area contributed by atoms with Gasteiger partial charge in [0.2, 0.25) is 0 Å². The Hall–Kier alpha value is -3.65. The normalized spacial score (nSPS) is 18.1. The van der Waals surface area contributed by atoms with Crippen molar-refractivity contribution in [3.05, 3.63) is 94.6 Å². The largest absolute Gasteiger partial charge is 0.377 e. The second-order valence-electron chi connectivity index (χ2n) is 8.40. The minimum absolute atomic E-state index is 0.366. The third kappa shape index (κ3) is 3.87. The molecule has 1 atom stereocenters. The van der Waals surface area contributed by atoms with E-state index in [9.17, 15) is 13.9 Å². The van der Waals surface area contributed by atoms with E-state index in [1.165, 1.54) is 18.2 Å². The third-order valence-electron chi connectivity index (χ3n) is 6.01. The molecule has 5 rings (SSSR count). The molecule has 168 valence electrons. The van der Waals surface area contributed by atoms with E-state index in [4.69, 9.17) is 0 Å². The summed E-state index contributed by atoms with van der Waals surface area (Å²) in [5.41, 5.74) is 2.11. The quantitative estimate of drug-likeness (QED) is 0.498. The number of rotatable bonds is 4. The smallest absolute Gasteiger partial charge is 0.174 e. The molecule has 2 aromatic heterocycles. The Kier molecular flexibility index (Phi) is 5.17. The molecule has 8 heteroatoms. The zero-order valence-corrected chi connectivity index (χ0v) is 18.3. The topological polar surface area (TPSA) is 68.8 Å². The molecule has 0 radical (unpaired) electrons. The molecule has 0 aliphatic carbocycles. The molecule has 33 heavy (non-hydrogen) atoms. The van der Waals surface area contributed by atoms with Crippen LogP contribution in [-0.2, 0) is 12.1 Å². The van der Waals surface area contributed by atoms with Crippen molar-refractivity contribution in [3.63, 3.8) is 0 Å². The Morgan fingerprint density at radius 3 is 2.61 bits per heavy atom. The number of hydrogen-bond acceptors (Lipinski definition) is 4. The van der Waals surface area contributed by atoms with E-state index in [1.807, 2.05) is 20.0 Å². The molecular formula is C25H23F2N5O. The van der Waals surface area contributed by atoms with Crippen LogP contribution in [0.15, 0.2) is 48.9 Å². The SMILES string of the molecule is Cc1cn(-c2cc(F)c(/C=C/c3nc4n(n3)CCC[C@]4(O)c3ccc(F)cc3)cc2C)cn1. The van der Waals surface area contributed by atoms with Gasteiger partial charge in [0.1, 0.15) is 17.2 Å². The van der Waals surface area contributed by atoms with Crippen LogP contribution in [-0.4, -0.2) is 29.4 Å². The Labute approximate surface area is 189 Å². The Bertz CT molecular complexity index is 1360. The van der Waals surface area contributed by atoms with Crippen molar-refractivity contribution in [1.29, 1.82) is 0 Å². The van der Waals surface area contributed by atoms with Crippen molar-refractivity contribution in [1.82, 2.24) is 24.3 Å². The number of hydrogen-bond donors (Lipinski definition) is 1. The van der Waals surface area contributed by atoms with Crippen LogP contribution >= 0.6 is 0 Å². The molecule has 0 saturated heterocycles. The van der Waals surface area contributed by atoms with Crippen molar-refractivity contribution in [2.45, 2.75) is 38.8 Å². The second-order valence-corrected chi connectivity index (χ2v) is 8.40. The summed E-state index contributed by atoms with van der Waals surface area (Å²) < 4.78 is 31.7. The Morgan fingerprint density at radius 1 is 1.09 bits per heavy atom. The molecule has 1 aliphatic heterocycles. The zero-order valence-electron chi connectivity index (χ0n) is 18.3. The molecule has 0 bridgehead atoms. The molecule has 1 N–H and O–H groups in total. The van der Waals surface area contributed by atoms with Crippen LogP contribution in [0, 0.1) is 25.5 Å². The van der Waals surface area contributed by atoms with E-state index >= 15 is 0 Å². The van der Waals surface area contributed by atoms with Gasteiger partial charge in [-0.3, -0.25) is 0 Å². The molecule has 1 aliphatic rings. The monoisotopic (exact) mass is 447 g/mol. The van der Waals surface area contributed by atoms with E-state index in [1.54, 1.807) is 45.9 Å². The predicted octanol–water partition coefficient (Wildman–Crippen LogP) is 4.56. The molecule has 4 aromatic rings. The summed E-state index contributed by atoms with van der Waals surface area (Å²) in [7, 11) is 0. The first-order valence-electron chi connectivity index (χ1n) is 10.8. The van der Waals surface area contributed by atoms with Crippen molar-refractivity contribution >= 4 is 12.2 Å². The van der Waals surface area contributed by atoms with E-state index in [0.29, 0.717) is 42.2 Å². The molecular weight excluding hydrogens is 424 g/mol. The van der Waals surface area contributed by atoms with Gasteiger partial charge in [-0.15, -0.1) is 0 Å². The van der Waals surface area contributed by atoms with Crippen LogP contribution < -0.4 is 0 Å². The van der Waals surface area contributed by atoms with Gasteiger partial charge >= 0.3 is 0 Å². The van der Waals surface area contributed by atoms with Gasteiger partial charge in [0.05, 0.1) is 17.7 Å². The molecule has 3 heterocycles. The highest BCUT2D eigenvalue weighted by atomic mass is 19.1. The fraction of sp³-hybridized carbons (Fsp3) is 0.240. The van der Waals surface area contributed by atoms with E-state index in [0.717, 1.165) is 16.9 Å². The molecule has 0 saturated carbocycles. The Balaban J connectivity index is 1.45. The van der Waals surface area contributed by atoms with Gasteiger partial charge in [0, 0.05) is 18.3 Å². The highest BCUT2D eigenvalue weighted by molar-refractivity contribution is 5.68. The average Bonchev–Trinajstić information content (AvgIpc) is 3.41. The maximum absolute atomic E-state index is 14.8. The number of aryl methyl sites for hydroxylation is 3. The first kappa shape index (κ1) is 21.2. The van der Waals surface area contributed by atoms with Gasteiger partial charge in [0.25, 0.3) is 0 Å². The highest BCUT2D eigenvalue weighted by Crippen LogP contribution is 2.36. The van der Waals surface area contributed by atoms with Crippen molar-refractivity contribution < 1.29 is 13.9 Å². The van der Waals surface area contributed by atoms with Crippen LogP contribution in [0.3, 0.4) is 0 Å². The van der Waals surface area contributed by atoms with Crippen LogP contribution in [0.4, 0.5) is 8.78 Å². The van der Waals surface area contributed by atoms with Crippen LogP contribution in [0.2, 0.25) is 0 Å². The Morgan fingerprint density at radius 2 is 1.88 bits per heavy atom. The van der Waals surface area contributed by atoms with E-state index < -0.39 is 5.60 Å². The molecule has 0 spiro atoms. The first-order chi connectivity index (χ1) is 15.8. The summed E-state index contributed by atoms with van der Waals surface area (Å²) in [6.45, 7) is 4.41. The molecule has 6 nitrogen and oxygen atoms in total. The molecule has 0 amide bonds. The lowest BCUT2D eigenvalue weighted by Crippen LogP contribution is -2.35. The standard InChI is InChI=1S/C25H23F2N5O/c1-16-12-18(21(27)13-22(16)31-14-17(2)28-15-31)4-9-23-29-24-25(33,10-3-11-32(24)30-23)19-5-7-20(26)8-6-19/h4-9,12-15,33H,3,10-11H2,1-2H3/b9-4+/t25-/m0/s1. The van der Waals surface area contributed by atoms with Gasteiger partial charge in [-0.2, -0.15) is 5.10 Å².